The van der Waals surface area contributed by atoms with E-state index in [1.165, 1.54) is 66.3 Å². The lowest BCUT2D eigenvalue weighted by atomic mass is 9.76. The molecule has 0 spiro atoms. The molecule has 0 saturated heterocycles. The molecule has 55 heavy (non-hydrogen) atoms. The van der Waals surface area contributed by atoms with Gasteiger partial charge in [0, 0.05) is 28.0 Å². The van der Waals surface area contributed by atoms with E-state index in [1.807, 2.05) is 36.4 Å². The second-order valence-electron chi connectivity index (χ2n) is 14.9. The summed E-state index contributed by atoms with van der Waals surface area (Å²) < 4.78 is 6.84. The minimum atomic E-state index is -0.0389. The fourth-order valence-corrected chi connectivity index (χ4v) is 8.95. The number of aromatic nitrogens is 3. The van der Waals surface area contributed by atoms with Gasteiger partial charge in [-0.05, 0) is 99.5 Å². The van der Waals surface area contributed by atoms with Crippen LogP contribution in [0, 0.1) is 0 Å². The summed E-state index contributed by atoms with van der Waals surface area (Å²) in [7, 11) is 0. The maximum absolute atomic E-state index is 6.84. The van der Waals surface area contributed by atoms with Crippen LogP contribution in [0.5, 0.6) is 0 Å². The Balaban J connectivity index is 1.02. The molecule has 1 unspecified atom stereocenters. The highest BCUT2D eigenvalue weighted by molar-refractivity contribution is 6.01. The Morgan fingerprint density at radius 2 is 1.33 bits per heavy atom. The van der Waals surface area contributed by atoms with Gasteiger partial charge in [-0.3, -0.25) is 0 Å². The molecule has 0 N–H and O–H groups in total. The molecule has 0 saturated carbocycles. The third kappa shape index (κ3) is 5.56. The van der Waals surface area contributed by atoms with Crippen LogP contribution in [0.1, 0.15) is 59.0 Å². The van der Waals surface area contributed by atoms with Crippen molar-refractivity contribution >= 4 is 39.0 Å². The Kier molecular flexibility index (Phi) is 7.54. The molecule has 4 heteroatoms. The van der Waals surface area contributed by atoms with Gasteiger partial charge in [0.2, 0.25) is 0 Å². The molecular formula is C51H37N3O. The zero-order valence-corrected chi connectivity index (χ0v) is 30.4. The third-order valence-electron chi connectivity index (χ3n) is 11.7. The Hall–Kier alpha value is -6.65. The summed E-state index contributed by atoms with van der Waals surface area (Å²) in [6.45, 7) is 0. The fourth-order valence-electron chi connectivity index (χ4n) is 8.95. The summed E-state index contributed by atoms with van der Waals surface area (Å²) in [5.74, 6) is 3.18. The Morgan fingerprint density at radius 3 is 2.13 bits per heavy atom. The summed E-state index contributed by atoms with van der Waals surface area (Å²) in [5, 5.41) is 3.77. The smallest absolute Gasteiger partial charge is 0.163 e. The molecular weight excluding hydrogens is 671 g/mol. The second-order valence-corrected chi connectivity index (χ2v) is 14.9. The molecule has 0 fully saturated rings. The topological polar surface area (TPSA) is 51.8 Å². The van der Waals surface area contributed by atoms with Crippen LogP contribution in [0.4, 0.5) is 0 Å². The van der Waals surface area contributed by atoms with Crippen molar-refractivity contribution in [3.05, 3.63) is 191 Å². The molecule has 6 aromatic carbocycles. The number of aryl methyl sites for hydroxylation is 1. The molecule has 2 heterocycles. The zero-order valence-electron chi connectivity index (χ0n) is 30.4. The van der Waals surface area contributed by atoms with Crippen molar-refractivity contribution in [3.63, 3.8) is 0 Å². The van der Waals surface area contributed by atoms with Crippen LogP contribution in [-0.2, 0) is 12.8 Å². The second kappa shape index (κ2) is 13.0. The van der Waals surface area contributed by atoms with Gasteiger partial charge in [-0.1, -0.05) is 146 Å². The summed E-state index contributed by atoms with van der Waals surface area (Å²) in [6.07, 6.45) is 11.7. The van der Waals surface area contributed by atoms with Crippen LogP contribution in [-0.4, -0.2) is 15.0 Å². The third-order valence-corrected chi connectivity index (χ3v) is 11.7. The van der Waals surface area contributed by atoms with Crippen LogP contribution in [0.15, 0.2) is 162 Å². The van der Waals surface area contributed by atoms with E-state index < -0.39 is 0 Å². The van der Waals surface area contributed by atoms with Crippen LogP contribution in [0.25, 0.3) is 72.9 Å². The van der Waals surface area contributed by atoms with Crippen molar-refractivity contribution in [2.45, 2.75) is 38.0 Å². The molecule has 0 bridgehead atoms. The van der Waals surface area contributed by atoms with Crippen molar-refractivity contribution in [1.82, 2.24) is 15.0 Å². The molecule has 0 radical (unpaired) electrons. The highest BCUT2D eigenvalue weighted by Crippen LogP contribution is 2.49. The first-order valence-corrected chi connectivity index (χ1v) is 19.4. The van der Waals surface area contributed by atoms with Gasteiger partial charge in [0.1, 0.15) is 17.2 Å². The molecule has 262 valence electrons. The van der Waals surface area contributed by atoms with Crippen molar-refractivity contribution in [1.29, 1.82) is 0 Å². The first-order valence-electron chi connectivity index (χ1n) is 19.4. The Labute approximate surface area is 320 Å². The summed E-state index contributed by atoms with van der Waals surface area (Å²) >= 11 is 0. The van der Waals surface area contributed by atoms with Crippen LogP contribution in [0.2, 0.25) is 0 Å². The number of hydrogen-bond acceptors (Lipinski definition) is 4. The molecule has 0 aliphatic heterocycles. The molecule has 1 atom stereocenters. The first-order chi connectivity index (χ1) is 27.2. The quantitative estimate of drug-likeness (QED) is 0.179. The minimum absolute atomic E-state index is 0.0389. The number of benzene rings is 6. The molecule has 4 nitrogen and oxygen atoms in total. The van der Waals surface area contributed by atoms with Crippen molar-refractivity contribution in [2.75, 3.05) is 0 Å². The normalized spacial score (nSPS) is 16.1. The standard InChI is InChI=1S/C51H37N3O/c1-3-13-33(14-4-1)49-52-50(34-15-5-2-6-16-34)54-51(53-49)44-31-45-47-41(20-11-21-46(47)55-48(45)43-19-10-9-18-42(43)44)40-27-26-38-29-37(24-25-39(38)30-40)36-23-22-32-12-7-8-17-35(32)28-36/h1-9,11-18,20-23,26-30,44H,10,19,24-25,31H2. The highest BCUT2D eigenvalue weighted by atomic mass is 16.3. The Bertz CT molecular complexity index is 2840. The maximum Gasteiger partial charge on any atom is 0.163 e. The first kappa shape index (κ1) is 31.8. The average molecular weight is 708 g/mol. The van der Waals surface area contributed by atoms with E-state index >= 15 is 0 Å². The zero-order chi connectivity index (χ0) is 36.3. The fraction of sp³-hybridized carbons (Fsp3) is 0.118. The van der Waals surface area contributed by atoms with Crippen LogP contribution >= 0.6 is 0 Å². The lowest BCUT2D eigenvalue weighted by molar-refractivity contribution is 0.574. The average Bonchev–Trinajstić information content (AvgIpc) is 3.65. The largest absolute Gasteiger partial charge is 0.456 e. The number of allylic oxidation sites excluding steroid dienone is 5. The number of furan rings is 1. The number of nitrogens with zero attached hydrogens (tertiary/aromatic N) is 3. The molecule has 0 amide bonds. The van der Waals surface area contributed by atoms with Crippen LogP contribution in [0.3, 0.4) is 0 Å². The summed E-state index contributed by atoms with van der Waals surface area (Å²) in [4.78, 5) is 15.5. The van der Waals surface area contributed by atoms with Gasteiger partial charge in [0.15, 0.2) is 11.6 Å². The van der Waals surface area contributed by atoms with Crippen molar-refractivity contribution in [3.8, 4) is 33.9 Å². The van der Waals surface area contributed by atoms with E-state index in [0.717, 1.165) is 60.4 Å². The van der Waals surface area contributed by atoms with E-state index in [4.69, 9.17) is 19.4 Å². The SMILES string of the molecule is C1=CC2=C(CC1)c1oc3cccc(-c4ccc5c(c4)CCC(c4ccc6ccccc6c4)=C5)c3c1CC2c1nc(-c2ccccc2)nc(-c2ccccc2)n1. The molecule has 11 rings (SSSR count). The molecule has 2 aromatic heterocycles. The lowest BCUT2D eigenvalue weighted by Crippen LogP contribution is -2.18. The van der Waals surface area contributed by atoms with E-state index in [1.54, 1.807) is 0 Å². The van der Waals surface area contributed by atoms with E-state index in [0.29, 0.717) is 11.6 Å². The van der Waals surface area contributed by atoms with Crippen molar-refractivity contribution < 1.29 is 4.42 Å². The van der Waals surface area contributed by atoms with Gasteiger partial charge in [-0.2, -0.15) is 0 Å². The number of fused-ring (bicyclic) bond motifs is 6. The predicted octanol–water partition coefficient (Wildman–Crippen LogP) is 12.7. The van der Waals surface area contributed by atoms with Gasteiger partial charge in [0.05, 0.1) is 0 Å². The van der Waals surface area contributed by atoms with Gasteiger partial charge in [-0.25, -0.2) is 15.0 Å². The van der Waals surface area contributed by atoms with Crippen LogP contribution < -0.4 is 0 Å². The number of hydrogen-bond donors (Lipinski definition) is 0. The molecule has 3 aliphatic carbocycles. The molecule has 3 aliphatic rings. The van der Waals surface area contributed by atoms with E-state index in [-0.39, 0.29) is 5.92 Å². The van der Waals surface area contributed by atoms with Gasteiger partial charge in [-0.15, -0.1) is 0 Å². The van der Waals surface area contributed by atoms with E-state index in [9.17, 15) is 0 Å². The van der Waals surface area contributed by atoms with Crippen molar-refractivity contribution in [2.24, 2.45) is 0 Å². The van der Waals surface area contributed by atoms with Gasteiger partial charge < -0.3 is 4.42 Å². The lowest BCUT2D eigenvalue weighted by Gasteiger charge is -2.28. The number of rotatable bonds is 5. The Morgan fingerprint density at radius 1 is 0.582 bits per heavy atom. The minimum Gasteiger partial charge on any atom is -0.456 e. The maximum atomic E-state index is 6.84. The highest BCUT2D eigenvalue weighted by Gasteiger charge is 2.35. The van der Waals surface area contributed by atoms with E-state index in [2.05, 4.69) is 121 Å². The molecule has 8 aromatic rings. The monoisotopic (exact) mass is 707 g/mol. The summed E-state index contributed by atoms with van der Waals surface area (Å²) in [5.41, 5.74) is 14.5. The predicted molar refractivity (Wildman–Crippen MR) is 224 cm³/mol. The van der Waals surface area contributed by atoms with Gasteiger partial charge in [0.25, 0.3) is 0 Å². The van der Waals surface area contributed by atoms with Gasteiger partial charge >= 0.3 is 0 Å². The summed E-state index contributed by atoms with van der Waals surface area (Å²) in [6, 6.07) is 49.5.